The van der Waals surface area contributed by atoms with Crippen molar-refractivity contribution in [1.29, 1.82) is 0 Å². The average molecular weight is 405 g/mol. The van der Waals surface area contributed by atoms with Crippen LogP contribution in [0.25, 0.3) is 10.8 Å². The lowest BCUT2D eigenvalue weighted by molar-refractivity contribution is 0.0947. The number of hydrogen-bond donors (Lipinski definition) is 2. The third kappa shape index (κ3) is 5.15. The number of carbonyl (C=O) groups is 2. The molecule has 6 heteroatoms. The lowest BCUT2D eigenvalue weighted by atomic mass is 10.1. The fourth-order valence-electron chi connectivity index (χ4n) is 3.23. The molecule has 0 unspecified atom stereocenters. The van der Waals surface area contributed by atoms with Crippen LogP contribution in [0.1, 0.15) is 27.1 Å². The summed E-state index contributed by atoms with van der Waals surface area (Å²) in [6.07, 6.45) is 0.734. The highest BCUT2D eigenvalue weighted by Gasteiger charge is 2.15. The molecule has 2 amide bonds. The molecule has 0 bridgehead atoms. The first-order chi connectivity index (χ1) is 14.5. The molecule has 0 spiro atoms. The van der Waals surface area contributed by atoms with E-state index in [1.54, 1.807) is 25.3 Å². The van der Waals surface area contributed by atoms with Crippen LogP contribution in [-0.4, -0.2) is 46.2 Å². The number of methoxy groups -OCH3 is 1. The Morgan fingerprint density at radius 3 is 2.43 bits per heavy atom. The number of benzene rings is 3. The summed E-state index contributed by atoms with van der Waals surface area (Å²) in [6.45, 7) is 1.11. The fourth-order valence-corrected chi connectivity index (χ4v) is 3.23. The fraction of sp³-hybridized carbons (Fsp3) is 0.250. The van der Waals surface area contributed by atoms with E-state index in [0.717, 1.165) is 22.9 Å². The molecule has 0 radical (unpaired) electrons. The van der Waals surface area contributed by atoms with E-state index in [2.05, 4.69) is 10.6 Å². The molecule has 156 valence electrons. The van der Waals surface area contributed by atoms with E-state index in [0.29, 0.717) is 30.0 Å². The summed E-state index contributed by atoms with van der Waals surface area (Å²) in [5.74, 6) is -0.401. The summed E-state index contributed by atoms with van der Waals surface area (Å²) in [4.78, 5) is 27.3. The third-order valence-corrected chi connectivity index (χ3v) is 4.80. The minimum atomic E-state index is -0.218. The summed E-state index contributed by atoms with van der Waals surface area (Å²) in [6, 6.07) is 18.8. The van der Waals surface area contributed by atoms with Crippen LogP contribution in [0.2, 0.25) is 0 Å². The topological polar surface area (TPSA) is 70.7 Å². The van der Waals surface area contributed by atoms with Crippen molar-refractivity contribution in [2.24, 2.45) is 0 Å². The first-order valence-corrected chi connectivity index (χ1v) is 9.88. The third-order valence-electron chi connectivity index (χ3n) is 4.80. The summed E-state index contributed by atoms with van der Waals surface area (Å²) in [7, 11) is 5.39. The van der Waals surface area contributed by atoms with Crippen molar-refractivity contribution in [3.05, 3.63) is 71.8 Å². The molecule has 3 rings (SSSR count). The van der Waals surface area contributed by atoms with Crippen molar-refractivity contribution in [2.45, 2.75) is 6.42 Å². The number of fused-ring (bicyclic) bond motifs is 1. The Morgan fingerprint density at radius 1 is 0.933 bits per heavy atom. The van der Waals surface area contributed by atoms with Gasteiger partial charge in [-0.05, 0) is 47.5 Å². The van der Waals surface area contributed by atoms with Gasteiger partial charge in [-0.1, -0.05) is 30.3 Å². The minimum absolute atomic E-state index is 0.184. The Morgan fingerprint density at radius 2 is 1.70 bits per heavy atom. The quantitative estimate of drug-likeness (QED) is 0.557. The second-order valence-corrected chi connectivity index (χ2v) is 7.24. The number of nitrogens with one attached hydrogen (secondary N) is 2. The standard InChI is InChI=1S/C24H27N3O3/c1-27(2)22-12-11-20(16-21(22)24(29)25-13-6-14-30-3)26-23(28)19-10-9-17-7-4-5-8-18(17)15-19/h4-5,7-12,15-16H,6,13-14H2,1-3H3,(H,25,29)(H,26,28). The molecule has 0 aliphatic rings. The van der Waals surface area contributed by atoms with Gasteiger partial charge in [0.2, 0.25) is 0 Å². The predicted octanol–water partition coefficient (Wildman–Crippen LogP) is 3.92. The first-order valence-electron chi connectivity index (χ1n) is 9.88. The van der Waals surface area contributed by atoms with Crippen molar-refractivity contribution in [2.75, 3.05) is 44.6 Å². The van der Waals surface area contributed by atoms with E-state index in [-0.39, 0.29) is 11.8 Å². The van der Waals surface area contributed by atoms with Gasteiger partial charge in [-0.25, -0.2) is 0 Å². The Bertz CT molecular complexity index is 1050. The monoisotopic (exact) mass is 405 g/mol. The Kier molecular flexibility index (Phi) is 7.03. The van der Waals surface area contributed by atoms with Gasteiger partial charge in [-0.3, -0.25) is 9.59 Å². The number of rotatable bonds is 8. The smallest absolute Gasteiger partial charge is 0.255 e. The number of hydrogen-bond acceptors (Lipinski definition) is 4. The molecule has 30 heavy (non-hydrogen) atoms. The first kappa shape index (κ1) is 21.3. The molecule has 0 aliphatic heterocycles. The molecular formula is C24H27N3O3. The van der Waals surface area contributed by atoms with Crippen molar-refractivity contribution in [3.63, 3.8) is 0 Å². The van der Waals surface area contributed by atoms with Crippen LogP contribution >= 0.6 is 0 Å². The average Bonchev–Trinajstić information content (AvgIpc) is 2.76. The van der Waals surface area contributed by atoms with Gasteiger partial charge in [0.05, 0.1) is 5.56 Å². The van der Waals surface area contributed by atoms with Crippen molar-refractivity contribution >= 4 is 34.0 Å². The van der Waals surface area contributed by atoms with Gasteiger partial charge in [0, 0.05) is 51.3 Å². The summed E-state index contributed by atoms with van der Waals surface area (Å²) in [5.41, 5.74) is 2.42. The van der Waals surface area contributed by atoms with Gasteiger partial charge in [-0.15, -0.1) is 0 Å². The zero-order chi connectivity index (χ0) is 21.5. The summed E-state index contributed by atoms with van der Waals surface area (Å²) < 4.78 is 5.02. The highest BCUT2D eigenvalue weighted by Crippen LogP contribution is 2.24. The van der Waals surface area contributed by atoms with E-state index in [1.807, 2.05) is 61.5 Å². The summed E-state index contributed by atoms with van der Waals surface area (Å²) in [5, 5.41) is 7.89. The predicted molar refractivity (Wildman–Crippen MR) is 121 cm³/mol. The lowest BCUT2D eigenvalue weighted by Gasteiger charge is -2.18. The lowest BCUT2D eigenvalue weighted by Crippen LogP contribution is -2.27. The zero-order valence-corrected chi connectivity index (χ0v) is 17.6. The Labute approximate surface area is 176 Å². The van der Waals surface area contributed by atoms with Gasteiger partial charge >= 0.3 is 0 Å². The summed E-state index contributed by atoms with van der Waals surface area (Å²) >= 11 is 0. The van der Waals surface area contributed by atoms with Crippen LogP contribution in [0.15, 0.2) is 60.7 Å². The second-order valence-electron chi connectivity index (χ2n) is 7.24. The largest absolute Gasteiger partial charge is 0.385 e. The van der Waals surface area contributed by atoms with Gasteiger partial charge in [-0.2, -0.15) is 0 Å². The van der Waals surface area contributed by atoms with Crippen molar-refractivity contribution in [3.8, 4) is 0 Å². The van der Waals surface area contributed by atoms with Crippen molar-refractivity contribution < 1.29 is 14.3 Å². The normalized spacial score (nSPS) is 10.6. The van der Waals surface area contributed by atoms with Crippen LogP contribution in [0.3, 0.4) is 0 Å². The maximum atomic E-state index is 12.8. The minimum Gasteiger partial charge on any atom is -0.385 e. The molecule has 0 saturated heterocycles. The highest BCUT2D eigenvalue weighted by atomic mass is 16.5. The molecule has 3 aromatic carbocycles. The van der Waals surface area contributed by atoms with Gasteiger partial charge < -0.3 is 20.3 Å². The number of anilines is 2. The van der Waals surface area contributed by atoms with Crippen LogP contribution in [0.4, 0.5) is 11.4 Å². The second kappa shape index (κ2) is 9.89. The van der Waals surface area contributed by atoms with E-state index in [1.165, 1.54) is 0 Å². The van der Waals surface area contributed by atoms with E-state index < -0.39 is 0 Å². The molecule has 0 atom stereocenters. The maximum Gasteiger partial charge on any atom is 0.255 e. The van der Waals surface area contributed by atoms with Crippen LogP contribution < -0.4 is 15.5 Å². The molecule has 0 heterocycles. The number of carbonyl (C=O) groups excluding carboxylic acids is 2. The molecular weight excluding hydrogens is 378 g/mol. The molecule has 0 fully saturated rings. The van der Waals surface area contributed by atoms with Gasteiger partial charge in [0.25, 0.3) is 11.8 Å². The number of nitrogens with zero attached hydrogens (tertiary/aromatic N) is 1. The molecule has 0 saturated carbocycles. The van der Waals surface area contributed by atoms with Crippen LogP contribution in [-0.2, 0) is 4.74 Å². The molecule has 0 aliphatic carbocycles. The SMILES string of the molecule is COCCCNC(=O)c1cc(NC(=O)c2ccc3ccccc3c2)ccc1N(C)C. The van der Waals surface area contributed by atoms with Gasteiger partial charge in [0.15, 0.2) is 0 Å². The highest BCUT2D eigenvalue weighted by molar-refractivity contribution is 6.08. The Balaban J connectivity index is 1.79. The number of amides is 2. The van der Waals surface area contributed by atoms with E-state index in [9.17, 15) is 9.59 Å². The molecule has 2 N–H and O–H groups in total. The Hall–Kier alpha value is -3.38. The van der Waals surface area contributed by atoms with Crippen molar-refractivity contribution in [1.82, 2.24) is 5.32 Å². The van der Waals surface area contributed by atoms with Gasteiger partial charge in [0.1, 0.15) is 0 Å². The molecule has 3 aromatic rings. The maximum absolute atomic E-state index is 12.8. The van der Waals surface area contributed by atoms with Crippen LogP contribution in [0.5, 0.6) is 0 Å². The number of ether oxygens (including phenoxy) is 1. The van der Waals surface area contributed by atoms with E-state index in [4.69, 9.17) is 4.74 Å². The molecule has 0 aromatic heterocycles. The van der Waals surface area contributed by atoms with E-state index >= 15 is 0 Å². The molecule has 6 nitrogen and oxygen atoms in total. The zero-order valence-electron chi connectivity index (χ0n) is 17.6. The van der Waals surface area contributed by atoms with Crippen LogP contribution in [0, 0.1) is 0 Å².